The molecule has 1 aliphatic rings. The number of ether oxygens (including phenoxy) is 1. The zero-order valence-corrected chi connectivity index (χ0v) is 13.1. The molecule has 0 aliphatic heterocycles. The first kappa shape index (κ1) is 15.3. The van der Waals surface area contributed by atoms with Crippen molar-refractivity contribution in [1.29, 1.82) is 0 Å². The van der Waals surface area contributed by atoms with Gasteiger partial charge < -0.3 is 15.0 Å². The van der Waals surface area contributed by atoms with Crippen molar-refractivity contribution in [3.8, 4) is 5.75 Å². The van der Waals surface area contributed by atoms with Crippen molar-refractivity contribution in [1.82, 2.24) is 10.2 Å². The summed E-state index contributed by atoms with van der Waals surface area (Å²) in [5, 5.41) is 3.63. The van der Waals surface area contributed by atoms with Crippen molar-refractivity contribution in [3.63, 3.8) is 0 Å². The van der Waals surface area contributed by atoms with Crippen LogP contribution in [-0.4, -0.2) is 38.2 Å². The fourth-order valence-electron chi connectivity index (χ4n) is 3.38. The molecule has 0 heterocycles. The van der Waals surface area contributed by atoms with Crippen LogP contribution in [0, 0.1) is 5.92 Å². The standard InChI is InChI=1S/C17H28N2O/c1-4-18-16-10-7-9-14(16)12-19(2)13-15-8-5-6-11-17(15)20-3/h5-6,8,11,14,16,18H,4,7,9-10,12-13H2,1-3H3. The monoisotopic (exact) mass is 276 g/mol. The number of hydrogen-bond donors (Lipinski definition) is 1. The van der Waals surface area contributed by atoms with Crippen LogP contribution in [0.4, 0.5) is 0 Å². The molecule has 0 spiro atoms. The Bertz CT molecular complexity index is 408. The SMILES string of the molecule is CCNC1CCCC1CN(C)Cc1ccccc1OC. The highest BCUT2D eigenvalue weighted by molar-refractivity contribution is 5.33. The van der Waals surface area contributed by atoms with E-state index in [2.05, 4.69) is 36.3 Å². The van der Waals surface area contributed by atoms with Gasteiger partial charge >= 0.3 is 0 Å². The Kier molecular flexibility index (Phi) is 5.86. The minimum atomic E-state index is 0.708. The Hall–Kier alpha value is -1.06. The van der Waals surface area contributed by atoms with Gasteiger partial charge in [0.15, 0.2) is 0 Å². The normalized spacial score (nSPS) is 22.4. The van der Waals surface area contributed by atoms with Gasteiger partial charge in [-0.25, -0.2) is 0 Å². The van der Waals surface area contributed by atoms with Crippen molar-refractivity contribution < 1.29 is 4.74 Å². The molecule has 0 bridgehead atoms. The number of rotatable bonds is 7. The molecular weight excluding hydrogens is 248 g/mol. The number of hydrogen-bond acceptors (Lipinski definition) is 3. The van der Waals surface area contributed by atoms with Crippen LogP contribution < -0.4 is 10.1 Å². The van der Waals surface area contributed by atoms with E-state index in [1.165, 1.54) is 24.8 Å². The smallest absolute Gasteiger partial charge is 0.123 e. The van der Waals surface area contributed by atoms with Gasteiger partial charge in [0, 0.05) is 24.7 Å². The lowest BCUT2D eigenvalue weighted by Gasteiger charge is -2.26. The summed E-state index contributed by atoms with van der Waals surface area (Å²) in [5.74, 6) is 1.78. The van der Waals surface area contributed by atoms with Crippen LogP contribution in [0.15, 0.2) is 24.3 Å². The number of para-hydroxylation sites is 1. The Morgan fingerprint density at radius 3 is 2.85 bits per heavy atom. The van der Waals surface area contributed by atoms with E-state index in [9.17, 15) is 0 Å². The third-order valence-corrected chi connectivity index (χ3v) is 4.30. The zero-order valence-electron chi connectivity index (χ0n) is 13.1. The Labute approximate surface area is 123 Å². The molecule has 2 rings (SSSR count). The molecule has 2 atom stereocenters. The Morgan fingerprint density at radius 2 is 2.10 bits per heavy atom. The number of nitrogens with one attached hydrogen (secondary N) is 1. The maximum atomic E-state index is 5.44. The minimum absolute atomic E-state index is 0.708. The van der Waals surface area contributed by atoms with Crippen LogP contribution in [0.5, 0.6) is 5.75 Å². The van der Waals surface area contributed by atoms with Crippen LogP contribution in [0.2, 0.25) is 0 Å². The van der Waals surface area contributed by atoms with Gasteiger partial charge in [-0.15, -0.1) is 0 Å². The van der Waals surface area contributed by atoms with E-state index in [0.29, 0.717) is 6.04 Å². The average molecular weight is 276 g/mol. The largest absolute Gasteiger partial charge is 0.496 e. The lowest BCUT2D eigenvalue weighted by Crippen LogP contribution is -2.38. The van der Waals surface area contributed by atoms with Crippen LogP contribution >= 0.6 is 0 Å². The second-order valence-corrected chi connectivity index (χ2v) is 5.86. The molecule has 3 nitrogen and oxygen atoms in total. The summed E-state index contributed by atoms with van der Waals surface area (Å²) >= 11 is 0. The summed E-state index contributed by atoms with van der Waals surface area (Å²) in [6.07, 6.45) is 4.06. The molecule has 0 aromatic heterocycles. The van der Waals surface area contributed by atoms with Crippen LogP contribution in [0.1, 0.15) is 31.7 Å². The number of nitrogens with zero attached hydrogens (tertiary/aromatic N) is 1. The van der Waals surface area contributed by atoms with Gasteiger partial charge in [-0.3, -0.25) is 0 Å². The summed E-state index contributed by atoms with van der Waals surface area (Å²) in [6.45, 7) is 5.40. The van der Waals surface area contributed by atoms with Gasteiger partial charge in [-0.1, -0.05) is 31.5 Å². The molecular formula is C17H28N2O. The first-order chi connectivity index (χ1) is 9.74. The molecule has 1 aromatic rings. The van der Waals surface area contributed by atoms with E-state index in [0.717, 1.165) is 31.3 Å². The second-order valence-electron chi connectivity index (χ2n) is 5.86. The first-order valence-electron chi connectivity index (χ1n) is 7.78. The topological polar surface area (TPSA) is 24.5 Å². The molecule has 2 unspecified atom stereocenters. The highest BCUT2D eigenvalue weighted by atomic mass is 16.5. The molecule has 20 heavy (non-hydrogen) atoms. The lowest BCUT2D eigenvalue weighted by atomic mass is 10.0. The van der Waals surface area contributed by atoms with Crippen molar-refractivity contribution in [2.45, 2.75) is 38.8 Å². The van der Waals surface area contributed by atoms with Gasteiger partial charge in [0.25, 0.3) is 0 Å². The van der Waals surface area contributed by atoms with E-state index in [1.807, 2.05) is 12.1 Å². The summed E-state index contributed by atoms with van der Waals surface area (Å²) in [5.41, 5.74) is 1.27. The number of methoxy groups -OCH3 is 1. The van der Waals surface area contributed by atoms with E-state index in [1.54, 1.807) is 7.11 Å². The second kappa shape index (κ2) is 7.65. The molecule has 1 aromatic carbocycles. The molecule has 0 saturated heterocycles. The Balaban J connectivity index is 1.90. The summed E-state index contributed by atoms with van der Waals surface area (Å²) in [4.78, 5) is 2.43. The van der Waals surface area contributed by atoms with Crippen molar-refractivity contribution in [2.24, 2.45) is 5.92 Å². The minimum Gasteiger partial charge on any atom is -0.496 e. The lowest BCUT2D eigenvalue weighted by molar-refractivity contribution is 0.243. The fraction of sp³-hybridized carbons (Fsp3) is 0.647. The average Bonchev–Trinajstić information content (AvgIpc) is 2.87. The van der Waals surface area contributed by atoms with E-state index in [-0.39, 0.29) is 0 Å². The number of benzene rings is 1. The van der Waals surface area contributed by atoms with E-state index in [4.69, 9.17) is 4.74 Å². The van der Waals surface area contributed by atoms with Gasteiger partial charge in [0.2, 0.25) is 0 Å². The van der Waals surface area contributed by atoms with Gasteiger partial charge in [0.1, 0.15) is 5.75 Å². The van der Waals surface area contributed by atoms with Crippen molar-refractivity contribution >= 4 is 0 Å². The first-order valence-corrected chi connectivity index (χ1v) is 7.78. The summed E-state index contributed by atoms with van der Waals surface area (Å²) < 4.78 is 5.44. The van der Waals surface area contributed by atoms with Crippen LogP contribution in [0.25, 0.3) is 0 Å². The quantitative estimate of drug-likeness (QED) is 0.829. The van der Waals surface area contributed by atoms with Gasteiger partial charge in [-0.05, 0) is 38.4 Å². The third kappa shape index (κ3) is 3.97. The van der Waals surface area contributed by atoms with Crippen molar-refractivity contribution in [2.75, 3.05) is 27.2 Å². The van der Waals surface area contributed by atoms with Crippen LogP contribution in [0.3, 0.4) is 0 Å². The van der Waals surface area contributed by atoms with E-state index < -0.39 is 0 Å². The fourth-order valence-corrected chi connectivity index (χ4v) is 3.38. The van der Waals surface area contributed by atoms with Crippen LogP contribution in [-0.2, 0) is 6.54 Å². The summed E-state index contributed by atoms with van der Waals surface area (Å²) in [7, 11) is 3.96. The van der Waals surface area contributed by atoms with Gasteiger partial charge in [0.05, 0.1) is 7.11 Å². The third-order valence-electron chi connectivity index (χ3n) is 4.30. The molecule has 112 valence electrons. The molecule has 1 N–H and O–H groups in total. The zero-order chi connectivity index (χ0) is 14.4. The highest BCUT2D eigenvalue weighted by Crippen LogP contribution is 2.27. The summed E-state index contributed by atoms with van der Waals surface area (Å²) in [6, 6.07) is 9.02. The maximum Gasteiger partial charge on any atom is 0.123 e. The van der Waals surface area contributed by atoms with Crippen molar-refractivity contribution in [3.05, 3.63) is 29.8 Å². The molecule has 0 amide bonds. The molecule has 1 fully saturated rings. The van der Waals surface area contributed by atoms with Gasteiger partial charge in [-0.2, -0.15) is 0 Å². The predicted molar refractivity (Wildman–Crippen MR) is 84.1 cm³/mol. The molecule has 1 aliphatic carbocycles. The molecule has 1 saturated carbocycles. The predicted octanol–water partition coefficient (Wildman–Crippen LogP) is 2.91. The molecule has 0 radical (unpaired) electrons. The Morgan fingerprint density at radius 1 is 1.30 bits per heavy atom. The van der Waals surface area contributed by atoms with E-state index >= 15 is 0 Å². The molecule has 3 heteroatoms. The highest BCUT2D eigenvalue weighted by Gasteiger charge is 2.27. The maximum absolute atomic E-state index is 5.44.